The maximum atomic E-state index is 13.8. The first kappa shape index (κ1) is 52.2. The van der Waals surface area contributed by atoms with E-state index in [-0.39, 0.29) is 12.2 Å². The summed E-state index contributed by atoms with van der Waals surface area (Å²) >= 11 is 0. The Kier molecular flexibility index (Phi) is 20.0. The Morgan fingerprint density at radius 1 is 0.500 bits per heavy atom. The van der Waals surface area contributed by atoms with Gasteiger partial charge in [0, 0.05) is 22.5 Å². The molecule has 0 saturated carbocycles. The molecule has 2 aromatic rings. The van der Waals surface area contributed by atoms with Crippen LogP contribution in [0.1, 0.15) is 148 Å². The van der Waals surface area contributed by atoms with Crippen LogP contribution in [0.3, 0.4) is 0 Å². The van der Waals surface area contributed by atoms with Gasteiger partial charge in [-0.3, -0.25) is 18.8 Å². The summed E-state index contributed by atoms with van der Waals surface area (Å²) in [7, 11) is -6.96. The first-order valence-electron chi connectivity index (χ1n) is 19.9. The molecule has 0 radical (unpaired) electrons. The quantitative estimate of drug-likeness (QED) is 0.0837. The average Bonchev–Trinajstić information content (AvgIpc) is 3.03. The van der Waals surface area contributed by atoms with E-state index in [9.17, 15) is 9.13 Å². The summed E-state index contributed by atoms with van der Waals surface area (Å²) in [6, 6.07) is 15.2. The van der Waals surface area contributed by atoms with Gasteiger partial charge in [-0.2, -0.15) is 10.1 Å². The summed E-state index contributed by atoms with van der Waals surface area (Å²) in [5.41, 5.74) is 13.3. The smallest absolute Gasteiger partial charge is 0.350 e. The zero-order valence-electron chi connectivity index (χ0n) is 38.0. The lowest BCUT2D eigenvalue weighted by atomic mass is 9.94. The van der Waals surface area contributed by atoms with E-state index < -0.39 is 48.7 Å². The summed E-state index contributed by atoms with van der Waals surface area (Å²) in [5.74, 6) is -1.17. The molecule has 0 unspecified atom stereocenters. The number of hydrogen-bond acceptors (Lipinski definition) is 12. The van der Waals surface area contributed by atoms with Crippen molar-refractivity contribution in [3.8, 4) is 0 Å². The van der Waals surface area contributed by atoms with Gasteiger partial charge in [0.2, 0.25) is 0 Å². The summed E-state index contributed by atoms with van der Waals surface area (Å²) in [6.07, 6.45) is -0.525. The van der Waals surface area contributed by atoms with Crippen LogP contribution in [0.5, 0.6) is 0 Å². The molecule has 324 valence electrons. The van der Waals surface area contributed by atoms with Crippen molar-refractivity contribution in [2.75, 3.05) is 37.9 Å². The minimum absolute atomic E-state index is 0.263. The van der Waals surface area contributed by atoms with Gasteiger partial charge in [0.05, 0.1) is 26.4 Å². The molecular weight excluding hydrogens is 750 g/mol. The van der Waals surface area contributed by atoms with E-state index in [0.29, 0.717) is 37.8 Å². The zero-order valence-corrected chi connectivity index (χ0v) is 39.8. The topological polar surface area (TPSA) is 148 Å². The average molecular weight is 829 g/mol. The lowest BCUT2D eigenvalue weighted by Crippen LogP contribution is -2.53. The summed E-state index contributed by atoms with van der Waals surface area (Å²) in [4.78, 5) is 12.9. The molecule has 12 nitrogen and oxygen atoms in total. The molecule has 4 N–H and O–H groups in total. The van der Waals surface area contributed by atoms with Crippen LogP contribution < -0.4 is 11.5 Å². The normalized spacial score (nSPS) is 15.6. The lowest BCUT2D eigenvalue weighted by molar-refractivity contribution is -0.264. The van der Waals surface area contributed by atoms with Gasteiger partial charge in [-0.05, 0) is 129 Å². The highest BCUT2D eigenvalue weighted by Crippen LogP contribution is 2.62. The fourth-order valence-corrected chi connectivity index (χ4v) is 11.5. The Balaban J connectivity index is 0.000000560. The number of nitrogen functional groups attached to an aromatic ring is 2. The highest BCUT2D eigenvalue weighted by Gasteiger charge is 2.53. The molecule has 0 saturated heterocycles. The summed E-state index contributed by atoms with van der Waals surface area (Å²) < 4.78 is 50.6. The second-order valence-electron chi connectivity index (χ2n) is 18.1. The highest BCUT2D eigenvalue weighted by atomic mass is 31.2. The van der Waals surface area contributed by atoms with E-state index in [1.165, 1.54) is 0 Å². The Morgan fingerprint density at radius 3 is 0.911 bits per heavy atom. The number of hydroxylamine groups is 4. The highest BCUT2D eigenvalue weighted by molar-refractivity contribution is 7.55. The minimum Gasteiger partial charge on any atom is -0.399 e. The van der Waals surface area contributed by atoms with Gasteiger partial charge >= 0.3 is 15.2 Å². The van der Waals surface area contributed by atoms with Crippen molar-refractivity contribution in [2.45, 2.75) is 159 Å². The van der Waals surface area contributed by atoms with Crippen LogP contribution in [0.2, 0.25) is 0 Å². The molecule has 0 fully saturated rings. The van der Waals surface area contributed by atoms with Crippen molar-refractivity contribution in [1.29, 1.82) is 0 Å². The van der Waals surface area contributed by atoms with Crippen molar-refractivity contribution in [1.82, 2.24) is 10.1 Å². The van der Waals surface area contributed by atoms with Gasteiger partial charge in [-0.25, -0.2) is 0 Å². The molecule has 0 spiro atoms. The predicted octanol–water partition coefficient (Wildman–Crippen LogP) is 12.0. The van der Waals surface area contributed by atoms with Crippen molar-refractivity contribution in [3.05, 3.63) is 59.7 Å². The van der Waals surface area contributed by atoms with Crippen molar-refractivity contribution in [3.63, 3.8) is 0 Å². The van der Waals surface area contributed by atoms with E-state index in [1.807, 2.05) is 173 Å². The van der Waals surface area contributed by atoms with Gasteiger partial charge in [0.25, 0.3) is 0 Å². The fraction of sp³-hybridized carbons (Fsp3) is 0.714. The van der Waals surface area contributed by atoms with Crippen molar-refractivity contribution < 1.29 is 36.9 Å². The summed E-state index contributed by atoms with van der Waals surface area (Å²) in [5, 5.41) is 3.61. The Hall–Kier alpha value is -1.82. The van der Waals surface area contributed by atoms with Crippen molar-refractivity contribution >= 4 is 26.6 Å². The third-order valence-electron chi connectivity index (χ3n) is 8.51. The maximum Gasteiger partial charge on any atom is 0.350 e. The number of benzene rings is 2. The first-order valence-corrected chi connectivity index (χ1v) is 23.1. The Bertz CT molecular complexity index is 1400. The van der Waals surface area contributed by atoms with Crippen LogP contribution in [0, 0.1) is 10.8 Å². The van der Waals surface area contributed by atoms with E-state index in [4.69, 9.17) is 39.2 Å². The molecule has 2 rings (SSSR count). The van der Waals surface area contributed by atoms with Crippen molar-refractivity contribution in [2.24, 2.45) is 10.8 Å². The molecule has 0 heterocycles. The fourth-order valence-electron chi connectivity index (χ4n) is 6.15. The molecule has 4 atom stereocenters. The second kappa shape index (κ2) is 21.4. The SMILES string of the molecule is CCOP(=O)(OCC)[C@@H](N(O[C@@H](C)c1ccc(N)cc1)C(C)(C)C)C(C)(C)C.CCOP(=O)(OCC)[C@H](N(O[C@H](C)c1ccc(N)cc1)C(C)(C)C)C(C)(C)C. The van der Waals surface area contributed by atoms with Gasteiger partial charge in [-0.1, -0.05) is 65.8 Å². The van der Waals surface area contributed by atoms with Gasteiger partial charge < -0.3 is 29.6 Å². The monoisotopic (exact) mass is 829 g/mol. The zero-order chi connectivity index (χ0) is 43.5. The van der Waals surface area contributed by atoms with Gasteiger partial charge in [0.1, 0.15) is 23.8 Å². The standard InChI is InChI=1S/2C21H39N2O4P/c2*1-10-25-28(24,26-11-2)19(20(4,5)6)23(21(7,8)9)27-16(3)17-12-14-18(22)15-13-17/h2*12-16,19H,10-11,22H2,1-9H3/t2*16-,19+/m10/s1. The molecule has 2 aromatic carbocycles. The third-order valence-corrected chi connectivity index (χ3v) is 14.1. The first-order chi connectivity index (χ1) is 25.5. The van der Waals surface area contributed by atoms with Gasteiger partial charge in [-0.15, -0.1) is 0 Å². The number of nitrogens with zero attached hydrogens (tertiary/aromatic N) is 2. The second-order valence-corrected chi connectivity index (χ2v) is 22.2. The minimum atomic E-state index is -3.48. The molecule has 0 aromatic heterocycles. The van der Waals surface area contributed by atoms with Crippen LogP contribution in [0.4, 0.5) is 11.4 Å². The molecule has 0 amide bonds. The largest absolute Gasteiger partial charge is 0.399 e. The Labute approximate surface area is 340 Å². The number of anilines is 2. The van der Waals surface area contributed by atoms with Crippen LogP contribution in [-0.2, 0) is 36.9 Å². The lowest BCUT2D eigenvalue weighted by Gasteiger charge is -2.48. The molecule has 0 aliphatic carbocycles. The van der Waals surface area contributed by atoms with Gasteiger partial charge in [0.15, 0.2) is 0 Å². The number of nitrogens with two attached hydrogens (primary N) is 2. The van der Waals surface area contributed by atoms with E-state index in [0.717, 1.165) is 11.1 Å². The molecule has 0 aliphatic rings. The molecule has 0 bridgehead atoms. The number of hydrogen-bond donors (Lipinski definition) is 2. The third kappa shape index (κ3) is 15.4. The van der Waals surface area contributed by atoms with E-state index in [1.54, 1.807) is 10.1 Å². The maximum absolute atomic E-state index is 13.8. The Morgan fingerprint density at radius 2 is 0.732 bits per heavy atom. The van der Waals surface area contributed by atoms with E-state index in [2.05, 4.69) is 0 Å². The predicted molar refractivity (Wildman–Crippen MR) is 232 cm³/mol. The van der Waals surface area contributed by atoms with Crippen LogP contribution in [0.15, 0.2) is 48.5 Å². The molecule has 14 heteroatoms. The number of rotatable bonds is 18. The van der Waals surface area contributed by atoms with Crippen LogP contribution in [0.25, 0.3) is 0 Å². The molecule has 56 heavy (non-hydrogen) atoms. The molecule has 0 aliphatic heterocycles. The van der Waals surface area contributed by atoms with E-state index >= 15 is 0 Å². The molecular formula is C42H78N4O8P2. The van der Waals surface area contributed by atoms with Crippen LogP contribution >= 0.6 is 15.2 Å². The van der Waals surface area contributed by atoms with Crippen LogP contribution in [-0.4, -0.2) is 59.2 Å². The summed E-state index contributed by atoms with van der Waals surface area (Å²) in [6.45, 7) is 36.8.